The molecular weight excluding hydrogens is 310 g/mol. The number of rotatable bonds is 5. The molecule has 1 unspecified atom stereocenters. The van der Waals surface area contributed by atoms with Crippen LogP contribution >= 0.6 is 15.9 Å². The minimum Gasteiger partial charge on any atom is -0.462 e. The van der Waals surface area contributed by atoms with Gasteiger partial charge in [-0.05, 0) is 31.0 Å². The number of hydrogen-bond acceptors (Lipinski definition) is 4. The van der Waals surface area contributed by atoms with E-state index in [1.165, 1.54) is 6.92 Å². The number of nitriles is 1. The first-order valence-electron chi connectivity index (χ1n) is 5.83. The van der Waals surface area contributed by atoms with E-state index in [0.717, 1.165) is 0 Å². The van der Waals surface area contributed by atoms with E-state index >= 15 is 0 Å². The summed E-state index contributed by atoms with van der Waals surface area (Å²) in [5.74, 6) is -0.557. The third-order valence-electron chi connectivity index (χ3n) is 2.59. The summed E-state index contributed by atoms with van der Waals surface area (Å²) in [7, 11) is 0. The van der Waals surface area contributed by atoms with Crippen LogP contribution < -0.4 is 0 Å². The highest BCUT2D eigenvalue weighted by Crippen LogP contribution is 2.29. The molecule has 0 spiro atoms. The van der Waals surface area contributed by atoms with E-state index < -0.39 is 10.8 Å². The summed E-state index contributed by atoms with van der Waals surface area (Å²) in [5, 5.41) is 8.90. The lowest BCUT2D eigenvalue weighted by molar-refractivity contribution is -0.116. The van der Waals surface area contributed by atoms with Gasteiger partial charge in [0.25, 0.3) is 0 Å². The predicted octanol–water partition coefficient (Wildman–Crippen LogP) is 2.95. The van der Waals surface area contributed by atoms with Gasteiger partial charge in [0.15, 0.2) is 0 Å². The Balaban J connectivity index is 3.33. The van der Waals surface area contributed by atoms with Gasteiger partial charge in [0.1, 0.15) is 5.78 Å². The van der Waals surface area contributed by atoms with E-state index in [1.54, 1.807) is 25.1 Å². The van der Waals surface area contributed by atoms with Crippen LogP contribution in [0.2, 0.25) is 0 Å². The summed E-state index contributed by atoms with van der Waals surface area (Å²) >= 11 is 3.28. The maximum Gasteiger partial charge on any atom is 0.338 e. The van der Waals surface area contributed by atoms with Gasteiger partial charge in [-0.25, -0.2) is 4.79 Å². The fraction of sp³-hybridized carbons (Fsp3) is 0.357. The van der Waals surface area contributed by atoms with Crippen molar-refractivity contribution in [3.63, 3.8) is 0 Å². The van der Waals surface area contributed by atoms with Crippen LogP contribution in [0.25, 0.3) is 0 Å². The van der Waals surface area contributed by atoms with Crippen LogP contribution in [0.15, 0.2) is 18.2 Å². The number of benzene rings is 1. The molecule has 5 heteroatoms. The summed E-state index contributed by atoms with van der Waals surface area (Å²) in [4.78, 5) is 22.8. The largest absolute Gasteiger partial charge is 0.462 e. The summed E-state index contributed by atoms with van der Waals surface area (Å²) in [6.07, 6.45) is 0.0553. The fourth-order valence-electron chi connectivity index (χ4n) is 1.74. The van der Waals surface area contributed by atoms with Crippen molar-refractivity contribution in [2.45, 2.75) is 25.1 Å². The van der Waals surface area contributed by atoms with E-state index in [1.807, 2.05) is 6.07 Å². The minimum atomic E-state index is -0.523. The Labute approximate surface area is 120 Å². The topological polar surface area (TPSA) is 67.2 Å². The highest BCUT2D eigenvalue weighted by molar-refractivity contribution is 9.09. The van der Waals surface area contributed by atoms with Gasteiger partial charge in [0.2, 0.25) is 0 Å². The molecule has 1 aromatic rings. The molecule has 1 atom stereocenters. The number of carbonyl (C=O) groups excluding carboxylic acids is 2. The van der Waals surface area contributed by atoms with Gasteiger partial charge in [0.05, 0.1) is 29.5 Å². The average Bonchev–Trinajstić information content (AvgIpc) is 2.38. The second-order valence-electron chi connectivity index (χ2n) is 3.90. The Kier molecular flexibility index (Phi) is 5.71. The van der Waals surface area contributed by atoms with Gasteiger partial charge in [0, 0.05) is 0 Å². The molecule has 0 heterocycles. The van der Waals surface area contributed by atoms with Crippen LogP contribution in [0.1, 0.15) is 40.2 Å². The maximum absolute atomic E-state index is 11.9. The van der Waals surface area contributed by atoms with Crippen molar-refractivity contribution in [2.75, 3.05) is 6.61 Å². The molecule has 0 aromatic heterocycles. The van der Waals surface area contributed by atoms with Gasteiger partial charge < -0.3 is 4.74 Å². The summed E-state index contributed by atoms with van der Waals surface area (Å²) < 4.78 is 4.96. The van der Waals surface area contributed by atoms with Gasteiger partial charge in [-0.1, -0.05) is 28.1 Å². The Morgan fingerprint density at radius 3 is 2.68 bits per heavy atom. The van der Waals surface area contributed by atoms with Crippen molar-refractivity contribution < 1.29 is 14.3 Å². The third kappa shape index (κ3) is 3.65. The van der Waals surface area contributed by atoms with Crippen LogP contribution in [0.4, 0.5) is 0 Å². The standard InChI is InChI=1S/C14H14BrNO3/c1-3-19-14(18)12-6-4-5-11(10(12)7-8-16)13(15)9(2)17/h4-6,13H,3,7H2,1-2H3. The Morgan fingerprint density at radius 1 is 1.47 bits per heavy atom. The van der Waals surface area contributed by atoms with Crippen LogP contribution in [-0.2, 0) is 16.0 Å². The number of ketones is 1. The van der Waals surface area contributed by atoms with Crippen molar-refractivity contribution in [1.29, 1.82) is 5.26 Å². The molecular formula is C14H14BrNO3. The summed E-state index contributed by atoms with van der Waals surface area (Å²) in [5.41, 5.74) is 1.52. The van der Waals surface area contributed by atoms with E-state index in [0.29, 0.717) is 16.7 Å². The highest BCUT2D eigenvalue weighted by atomic mass is 79.9. The molecule has 19 heavy (non-hydrogen) atoms. The van der Waals surface area contributed by atoms with Crippen molar-refractivity contribution in [1.82, 2.24) is 0 Å². The number of esters is 1. The van der Waals surface area contributed by atoms with Gasteiger partial charge in [-0.3, -0.25) is 4.79 Å². The quantitative estimate of drug-likeness (QED) is 0.617. The zero-order chi connectivity index (χ0) is 14.4. The molecule has 1 aromatic carbocycles. The molecule has 0 aliphatic heterocycles. The Bertz CT molecular complexity index is 534. The van der Waals surface area contributed by atoms with Crippen molar-refractivity contribution in [3.8, 4) is 6.07 Å². The molecule has 1 rings (SSSR count). The van der Waals surface area contributed by atoms with Gasteiger partial charge in [-0.15, -0.1) is 0 Å². The molecule has 100 valence electrons. The lowest BCUT2D eigenvalue weighted by Crippen LogP contribution is -2.12. The zero-order valence-electron chi connectivity index (χ0n) is 10.8. The molecule has 4 nitrogen and oxygen atoms in total. The number of hydrogen-bond donors (Lipinski definition) is 0. The molecule has 0 N–H and O–H groups in total. The average molecular weight is 324 g/mol. The fourth-order valence-corrected chi connectivity index (χ4v) is 2.17. The first kappa shape index (κ1) is 15.4. The maximum atomic E-state index is 11.9. The van der Waals surface area contributed by atoms with Crippen LogP contribution in [-0.4, -0.2) is 18.4 Å². The summed E-state index contributed by atoms with van der Waals surface area (Å²) in [6.45, 7) is 3.43. The van der Waals surface area contributed by atoms with E-state index in [2.05, 4.69) is 15.9 Å². The smallest absolute Gasteiger partial charge is 0.338 e. The molecule has 0 aliphatic carbocycles. The molecule has 0 fully saturated rings. The highest BCUT2D eigenvalue weighted by Gasteiger charge is 2.21. The first-order valence-corrected chi connectivity index (χ1v) is 6.74. The molecule has 0 saturated carbocycles. The second kappa shape index (κ2) is 7.05. The van der Waals surface area contributed by atoms with E-state index in [-0.39, 0.29) is 18.8 Å². The number of halogens is 1. The monoisotopic (exact) mass is 323 g/mol. The SMILES string of the molecule is CCOC(=O)c1cccc(C(Br)C(C)=O)c1CC#N. The minimum absolute atomic E-state index is 0.0553. The zero-order valence-corrected chi connectivity index (χ0v) is 12.4. The Morgan fingerprint density at radius 2 is 2.16 bits per heavy atom. The summed E-state index contributed by atoms with van der Waals surface area (Å²) in [6, 6.07) is 7.03. The van der Waals surface area contributed by atoms with Crippen LogP contribution in [0.3, 0.4) is 0 Å². The van der Waals surface area contributed by atoms with Gasteiger partial charge >= 0.3 is 5.97 Å². The molecule has 0 bridgehead atoms. The predicted molar refractivity (Wildman–Crippen MR) is 74.1 cm³/mol. The van der Waals surface area contributed by atoms with Crippen LogP contribution in [0, 0.1) is 11.3 Å². The van der Waals surface area contributed by atoms with Crippen molar-refractivity contribution >= 4 is 27.7 Å². The van der Waals surface area contributed by atoms with Crippen molar-refractivity contribution in [2.24, 2.45) is 0 Å². The third-order valence-corrected chi connectivity index (χ3v) is 3.73. The molecule has 0 amide bonds. The van der Waals surface area contributed by atoms with E-state index in [4.69, 9.17) is 10.00 Å². The molecule has 0 aliphatic rings. The normalized spacial score (nSPS) is 11.5. The van der Waals surface area contributed by atoms with E-state index in [9.17, 15) is 9.59 Å². The second-order valence-corrected chi connectivity index (χ2v) is 4.82. The number of Topliss-reactive ketones (excluding diaryl/α,β-unsaturated/α-hetero) is 1. The lowest BCUT2D eigenvalue weighted by Gasteiger charge is -2.14. The van der Waals surface area contributed by atoms with Gasteiger partial charge in [-0.2, -0.15) is 5.26 Å². The number of alkyl halides is 1. The lowest BCUT2D eigenvalue weighted by atomic mass is 9.95. The van der Waals surface area contributed by atoms with Crippen molar-refractivity contribution in [3.05, 3.63) is 34.9 Å². The number of ether oxygens (including phenoxy) is 1. The number of nitrogens with zero attached hydrogens (tertiary/aromatic N) is 1. The Hall–Kier alpha value is -1.67. The van der Waals surface area contributed by atoms with Crippen LogP contribution in [0.5, 0.6) is 0 Å². The number of carbonyl (C=O) groups is 2. The first-order chi connectivity index (χ1) is 9.02. The molecule has 0 radical (unpaired) electrons. The molecule has 0 saturated heterocycles.